The van der Waals surface area contributed by atoms with Gasteiger partial charge in [-0.15, -0.1) is 0 Å². The van der Waals surface area contributed by atoms with Gasteiger partial charge in [0.2, 0.25) is 0 Å². The van der Waals surface area contributed by atoms with E-state index in [1.165, 1.54) is 6.42 Å². The van der Waals surface area contributed by atoms with Crippen molar-refractivity contribution in [2.24, 2.45) is 11.8 Å². The van der Waals surface area contributed by atoms with Crippen molar-refractivity contribution in [2.45, 2.75) is 39.7 Å². The van der Waals surface area contributed by atoms with Gasteiger partial charge in [-0.1, -0.05) is 20.8 Å². The van der Waals surface area contributed by atoms with Crippen molar-refractivity contribution in [1.82, 2.24) is 0 Å². The van der Waals surface area contributed by atoms with Crippen LogP contribution in [0.3, 0.4) is 0 Å². The average molecular weight is 142 g/mol. The van der Waals surface area contributed by atoms with E-state index in [1.807, 2.05) is 0 Å². The molecule has 2 unspecified atom stereocenters. The van der Waals surface area contributed by atoms with Crippen molar-refractivity contribution in [3.05, 3.63) is 0 Å². The maximum Gasteiger partial charge on any atom is 0.0703 e. The predicted octanol–water partition coefficient (Wildman–Crippen LogP) is 2.46. The highest BCUT2D eigenvalue weighted by molar-refractivity contribution is 4.88. The molecule has 2 atom stereocenters. The molecule has 0 aliphatic carbocycles. The fraction of sp³-hybridized carbons (Fsp3) is 1.00. The molecule has 0 spiro atoms. The van der Waals surface area contributed by atoms with E-state index >= 15 is 0 Å². The summed E-state index contributed by atoms with van der Waals surface area (Å²) in [5.74, 6) is 1.37. The number of hydrogen-bond donors (Lipinski definition) is 0. The summed E-state index contributed by atoms with van der Waals surface area (Å²) >= 11 is 0. The van der Waals surface area contributed by atoms with Crippen LogP contribution in [0.25, 0.3) is 0 Å². The first-order valence-corrected chi connectivity index (χ1v) is 4.21. The normalized spacial score (nSPS) is 41.1. The summed E-state index contributed by atoms with van der Waals surface area (Å²) in [4.78, 5) is 0. The molecule has 0 radical (unpaired) electrons. The molecule has 0 saturated carbocycles. The molecule has 0 aromatic carbocycles. The molecule has 0 bridgehead atoms. The van der Waals surface area contributed by atoms with Crippen molar-refractivity contribution >= 4 is 0 Å². The second-order valence-electron chi connectivity index (χ2n) is 3.88. The van der Waals surface area contributed by atoms with Gasteiger partial charge in [0, 0.05) is 6.61 Å². The van der Waals surface area contributed by atoms with Crippen molar-refractivity contribution in [1.29, 1.82) is 0 Å². The average Bonchev–Trinajstić information content (AvgIpc) is 2.15. The van der Waals surface area contributed by atoms with Gasteiger partial charge in [-0.3, -0.25) is 0 Å². The Morgan fingerprint density at radius 1 is 1.50 bits per heavy atom. The summed E-state index contributed by atoms with van der Waals surface area (Å²) in [6.45, 7) is 9.95. The van der Waals surface area contributed by atoms with Crippen LogP contribution in [0, 0.1) is 11.8 Å². The fourth-order valence-electron chi connectivity index (χ4n) is 1.62. The number of ether oxygens (including phenoxy) is 1. The summed E-state index contributed by atoms with van der Waals surface area (Å²) in [5.41, 5.74) is 0.153. The van der Waals surface area contributed by atoms with Gasteiger partial charge in [-0.2, -0.15) is 0 Å². The third-order valence-electron chi connectivity index (χ3n) is 3.09. The van der Waals surface area contributed by atoms with E-state index in [0.717, 1.165) is 12.5 Å². The molecule has 60 valence electrons. The molecule has 0 aromatic rings. The molecule has 1 aliphatic heterocycles. The molecule has 0 amide bonds. The lowest BCUT2D eigenvalue weighted by atomic mass is 9.82. The molecule has 0 aromatic heterocycles. The Morgan fingerprint density at radius 3 is 2.30 bits per heavy atom. The summed E-state index contributed by atoms with van der Waals surface area (Å²) in [6.07, 6.45) is 1.23. The van der Waals surface area contributed by atoms with Crippen LogP contribution in [0.4, 0.5) is 0 Å². The Hall–Kier alpha value is -0.0400. The largest absolute Gasteiger partial charge is 0.375 e. The quantitative estimate of drug-likeness (QED) is 0.546. The van der Waals surface area contributed by atoms with Crippen molar-refractivity contribution in [2.75, 3.05) is 6.61 Å². The maximum atomic E-state index is 5.71. The molecule has 1 fully saturated rings. The molecular formula is C9H18O. The zero-order chi connectivity index (χ0) is 7.78. The standard InChI is InChI=1S/C9H18O/c1-7(2)9(4)8(3)5-6-10-9/h7-8H,5-6H2,1-4H3. The van der Waals surface area contributed by atoms with Crippen molar-refractivity contribution < 1.29 is 4.74 Å². The summed E-state index contributed by atoms with van der Waals surface area (Å²) < 4.78 is 5.71. The molecule has 0 N–H and O–H groups in total. The highest BCUT2D eigenvalue weighted by atomic mass is 16.5. The van der Waals surface area contributed by atoms with Gasteiger partial charge >= 0.3 is 0 Å². The first-order valence-electron chi connectivity index (χ1n) is 4.21. The van der Waals surface area contributed by atoms with Crippen molar-refractivity contribution in [3.63, 3.8) is 0 Å². The smallest absolute Gasteiger partial charge is 0.0703 e. The summed E-state index contributed by atoms with van der Waals surface area (Å²) in [6, 6.07) is 0. The van der Waals surface area contributed by atoms with Crippen LogP contribution in [0.15, 0.2) is 0 Å². The second-order valence-corrected chi connectivity index (χ2v) is 3.88. The van der Waals surface area contributed by atoms with Gasteiger partial charge in [0.05, 0.1) is 5.60 Å². The molecule has 1 rings (SSSR count). The summed E-state index contributed by atoms with van der Waals surface area (Å²) in [7, 11) is 0. The van der Waals surface area contributed by atoms with Gasteiger partial charge in [-0.25, -0.2) is 0 Å². The lowest BCUT2D eigenvalue weighted by molar-refractivity contribution is -0.0389. The van der Waals surface area contributed by atoms with Crippen LogP contribution in [-0.2, 0) is 4.74 Å². The predicted molar refractivity (Wildman–Crippen MR) is 43.0 cm³/mol. The molecule has 1 heterocycles. The Morgan fingerprint density at radius 2 is 2.10 bits per heavy atom. The fourth-order valence-corrected chi connectivity index (χ4v) is 1.62. The lowest BCUT2D eigenvalue weighted by Gasteiger charge is -2.32. The van der Waals surface area contributed by atoms with E-state index in [2.05, 4.69) is 27.7 Å². The molecule has 1 aliphatic rings. The van der Waals surface area contributed by atoms with Gasteiger partial charge in [-0.05, 0) is 25.2 Å². The van der Waals surface area contributed by atoms with Gasteiger partial charge in [0.15, 0.2) is 0 Å². The van der Waals surface area contributed by atoms with Gasteiger partial charge in [0.25, 0.3) is 0 Å². The zero-order valence-electron chi connectivity index (χ0n) is 7.48. The summed E-state index contributed by atoms with van der Waals surface area (Å²) in [5, 5.41) is 0. The van der Waals surface area contributed by atoms with Crippen LogP contribution >= 0.6 is 0 Å². The van der Waals surface area contributed by atoms with Crippen LogP contribution in [-0.4, -0.2) is 12.2 Å². The Balaban J connectivity index is 2.66. The van der Waals surface area contributed by atoms with Crippen LogP contribution in [0.5, 0.6) is 0 Å². The van der Waals surface area contributed by atoms with E-state index in [0.29, 0.717) is 5.92 Å². The Labute approximate surface area is 63.8 Å². The SMILES string of the molecule is CC(C)C1(C)OCCC1C. The van der Waals surface area contributed by atoms with Crippen LogP contribution in [0.1, 0.15) is 34.1 Å². The first-order chi connectivity index (χ1) is 4.57. The first kappa shape index (κ1) is 8.06. The van der Waals surface area contributed by atoms with E-state index in [9.17, 15) is 0 Å². The second kappa shape index (κ2) is 2.54. The Bertz CT molecular complexity index is 120. The number of hydrogen-bond acceptors (Lipinski definition) is 1. The molecule has 1 heteroatoms. The van der Waals surface area contributed by atoms with Crippen LogP contribution < -0.4 is 0 Å². The van der Waals surface area contributed by atoms with Gasteiger partial charge in [0.1, 0.15) is 0 Å². The highest BCUT2D eigenvalue weighted by Crippen LogP contribution is 2.37. The zero-order valence-corrected chi connectivity index (χ0v) is 7.48. The van der Waals surface area contributed by atoms with E-state index in [4.69, 9.17) is 4.74 Å². The highest BCUT2D eigenvalue weighted by Gasteiger charge is 2.39. The maximum absolute atomic E-state index is 5.71. The minimum absolute atomic E-state index is 0.153. The van der Waals surface area contributed by atoms with Gasteiger partial charge < -0.3 is 4.74 Å². The van der Waals surface area contributed by atoms with E-state index in [-0.39, 0.29) is 5.60 Å². The number of rotatable bonds is 1. The third kappa shape index (κ3) is 1.07. The third-order valence-corrected chi connectivity index (χ3v) is 3.09. The van der Waals surface area contributed by atoms with E-state index in [1.54, 1.807) is 0 Å². The molecule has 10 heavy (non-hydrogen) atoms. The van der Waals surface area contributed by atoms with Crippen LogP contribution in [0.2, 0.25) is 0 Å². The topological polar surface area (TPSA) is 9.23 Å². The van der Waals surface area contributed by atoms with Crippen molar-refractivity contribution in [3.8, 4) is 0 Å². The minimum Gasteiger partial charge on any atom is -0.375 e. The molecule has 1 nitrogen and oxygen atoms in total. The minimum atomic E-state index is 0.153. The van der Waals surface area contributed by atoms with E-state index < -0.39 is 0 Å². The molecular weight excluding hydrogens is 124 g/mol. The lowest BCUT2D eigenvalue weighted by Crippen LogP contribution is -2.35. The molecule has 1 saturated heterocycles. The monoisotopic (exact) mass is 142 g/mol. The Kier molecular flexibility index (Phi) is 2.04.